The zero-order valence-electron chi connectivity index (χ0n) is 16.9. The Bertz CT molecular complexity index is 1200. The molecule has 0 spiro atoms. The highest BCUT2D eigenvalue weighted by atomic mass is 32.1. The molecule has 0 amide bonds. The highest BCUT2D eigenvalue weighted by Gasteiger charge is 2.37. The number of H-pyrrole nitrogens is 1. The first kappa shape index (κ1) is 20.3. The number of nitriles is 1. The number of nitrogens with two attached hydrogens (primary N) is 1. The molecule has 2 aromatic heterocycles. The van der Waals surface area contributed by atoms with Gasteiger partial charge in [-0.3, -0.25) is 9.89 Å². The third kappa shape index (κ3) is 3.45. The summed E-state index contributed by atoms with van der Waals surface area (Å²) in [4.78, 5) is 12.5. The lowest BCUT2D eigenvalue weighted by Crippen LogP contribution is -2.21. The summed E-state index contributed by atoms with van der Waals surface area (Å²) in [5.74, 6) is -0.190. The molecule has 0 radical (unpaired) electrons. The van der Waals surface area contributed by atoms with Gasteiger partial charge in [-0.2, -0.15) is 5.26 Å². The summed E-state index contributed by atoms with van der Waals surface area (Å²) in [6.07, 6.45) is 0. The number of aromatic nitrogens is 2. The second-order valence-corrected chi connectivity index (χ2v) is 7.52. The fourth-order valence-electron chi connectivity index (χ4n) is 3.50. The van der Waals surface area contributed by atoms with Gasteiger partial charge in [0.1, 0.15) is 11.6 Å². The van der Waals surface area contributed by atoms with Gasteiger partial charge in [0.2, 0.25) is 17.5 Å². The molecule has 10 heteroatoms. The van der Waals surface area contributed by atoms with Gasteiger partial charge >= 0.3 is 5.97 Å². The smallest absolute Gasteiger partial charge is 0.308 e. The molecule has 1 aliphatic rings. The number of fused-ring (bicyclic) bond motifs is 1. The number of nitrogens with one attached hydrogen (secondary N) is 1. The fourth-order valence-corrected chi connectivity index (χ4v) is 4.23. The van der Waals surface area contributed by atoms with Gasteiger partial charge in [-0.1, -0.05) is 6.07 Å². The molecule has 158 valence electrons. The summed E-state index contributed by atoms with van der Waals surface area (Å²) in [5, 5.41) is 19.1. The monoisotopic (exact) mass is 438 g/mol. The lowest BCUT2D eigenvalue weighted by Gasteiger charge is -2.25. The SMILES string of the molecule is COc1cc([C@H]2C(C#N)=C(N)Oc3n[nH]c(-c4cccs4)c32)cc(OC)c1OC(C)=O. The number of benzene rings is 1. The van der Waals surface area contributed by atoms with Crippen LogP contribution < -0.4 is 24.7 Å². The third-order valence-electron chi connectivity index (χ3n) is 4.77. The topological polar surface area (TPSA) is 132 Å². The molecule has 0 unspecified atom stereocenters. The van der Waals surface area contributed by atoms with E-state index in [1.165, 1.54) is 32.5 Å². The normalized spacial score (nSPS) is 15.0. The summed E-state index contributed by atoms with van der Waals surface area (Å²) in [7, 11) is 2.90. The molecule has 0 aliphatic carbocycles. The van der Waals surface area contributed by atoms with E-state index in [1.54, 1.807) is 12.1 Å². The number of nitrogens with zero attached hydrogens (tertiary/aromatic N) is 2. The Morgan fingerprint density at radius 1 is 1.32 bits per heavy atom. The van der Waals surface area contributed by atoms with E-state index in [0.29, 0.717) is 11.1 Å². The minimum absolute atomic E-state index is 0.0359. The van der Waals surface area contributed by atoms with Crippen LogP contribution in [0, 0.1) is 11.3 Å². The van der Waals surface area contributed by atoms with Gasteiger partial charge in [0, 0.05) is 6.92 Å². The molecule has 3 N–H and O–H groups in total. The van der Waals surface area contributed by atoms with Crippen molar-refractivity contribution in [1.82, 2.24) is 10.2 Å². The largest absolute Gasteiger partial charge is 0.493 e. The molecular weight excluding hydrogens is 420 g/mol. The van der Waals surface area contributed by atoms with Crippen LogP contribution in [0.25, 0.3) is 10.6 Å². The van der Waals surface area contributed by atoms with Gasteiger partial charge in [-0.05, 0) is 29.1 Å². The highest BCUT2D eigenvalue weighted by molar-refractivity contribution is 7.13. The minimum Gasteiger partial charge on any atom is -0.493 e. The number of carbonyl (C=O) groups is 1. The summed E-state index contributed by atoms with van der Waals surface area (Å²) < 4.78 is 21.8. The zero-order chi connectivity index (χ0) is 22.1. The Hall–Kier alpha value is -3.97. The average Bonchev–Trinajstić information content (AvgIpc) is 3.42. The summed E-state index contributed by atoms with van der Waals surface area (Å²) in [6.45, 7) is 1.29. The van der Waals surface area contributed by atoms with Crippen molar-refractivity contribution in [1.29, 1.82) is 5.26 Å². The number of thiophene rings is 1. The van der Waals surface area contributed by atoms with Crippen molar-refractivity contribution in [2.45, 2.75) is 12.8 Å². The molecule has 1 atom stereocenters. The number of esters is 1. The van der Waals surface area contributed by atoms with E-state index in [0.717, 1.165) is 10.6 Å². The Kier molecular flexibility index (Phi) is 5.27. The maximum Gasteiger partial charge on any atom is 0.308 e. The molecule has 9 nitrogen and oxygen atoms in total. The maximum absolute atomic E-state index is 11.6. The Labute approximate surface area is 181 Å². The molecule has 1 aromatic carbocycles. The molecule has 0 saturated heterocycles. The van der Waals surface area contributed by atoms with Gasteiger partial charge < -0.3 is 24.7 Å². The second-order valence-electron chi connectivity index (χ2n) is 6.57. The Morgan fingerprint density at radius 3 is 2.58 bits per heavy atom. The van der Waals surface area contributed by atoms with E-state index in [1.807, 2.05) is 17.5 Å². The van der Waals surface area contributed by atoms with Gasteiger partial charge in [-0.15, -0.1) is 16.4 Å². The van der Waals surface area contributed by atoms with Crippen LogP contribution in [-0.4, -0.2) is 30.4 Å². The summed E-state index contributed by atoms with van der Waals surface area (Å²) >= 11 is 1.52. The number of aromatic amines is 1. The van der Waals surface area contributed by atoms with Crippen LogP contribution in [0.5, 0.6) is 23.1 Å². The van der Waals surface area contributed by atoms with Crippen molar-refractivity contribution >= 4 is 17.3 Å². The van der Waals surface area contributed by atoms with Crippen molar-refractivity contribution in [3.8, 4) is 39.8 Å². The summed E-state index contributed by atoms with van der Waals surface area (Å²) in [6, 6.07) is 9.36. The Balaban J connectivity index is 1.96. The predicted octanol–water partition coefficient (Wildman–Crippen LogP) is 3.30. The highest BCUT2D eigenvalue weighted by Crippen LogP contribution is 2.49. The van der Waals surface area contributed by atoms with Crippen LogP contribution in [0.15, 0.2) is 41.1 Å². The van der Waals surface area contributed by atoms with E-state index < -0.39 is 11.9 Å². The molecule has 3 heterocycles. The van der Waals surface area contributed by atoms with Crippen LogP contribution in [0.4, 0.5) is 0 Å². The predicted molar refractivity (Wildman–Crippen MR) is 112 cm³/mol. The van der Waals surface area contributed by atoms with Crippen molar-refractivity contribution in [3.63, 3.8) is 0 Å². The minimum atomic E-state index is -0.612. The van der Waals surface area contributed by atoms with Crippen LogP contribution in [-0.2, 0) is 4.79 Å². The third-order valence-corrected chi connectivity index (χ3v) is 5.66. The van der Waals surface area contributed by atoms with E-state index in [4.69, 9.17) is 24.7 Å². The zero-order valence-corrected chi connectivity index (χ0v) is 17.7. The number of allylic oxidation sites excluding steroid dienone is 1. The molecule has 1 aliphatic heterocycles. The summed E-state index contributed by atoms with van der Waals surface area (Å²) in [5.41, 5.74) is 8.28. The first-order valence-electron chi connectivity index (χ1n) is 9.12. The second kappa shape index (κ2) is 8.04. The van der Waals surface area contributed by atoms with Crippen molar-refractivity contribution in [2.24, 2.45) is 5.73 Å². The maximum atomic E-state index is 11.6. The van der Waals surface area contributed by atoms with Crippen LogP contribution in [0.1, 0.15) is 24.0 Å². The van der Waals surface area contributed by atoms with Crippen LogP contribution in [0.3, 0.4) is 0 Å². The number of carbonyl (C=O) groups excluding carboxylic acids is 1. The number of hydrogen-bond donors (Lipinski definition) is 2. The molecule has 3 aromatic rings. The molecule has 31 heavy (non-hydrogen) atoms. The van der Waals surface area contributed by atoms with Gasteiger partial charge in [0.15, 0.2) is 11.5 Å². The molecule has 4 rings (SSSR count). The molecular formula is C21H18N4O5S. The number of ether oxygens (including phenoxy) is 4. The molecule has 0 fully saturated rings. The lowest BCUT2D eigenvalue weighted by molar-refractivity contribution is -0.132. The van der Waals surface area contributed by atoms with E-state index in [-0.39, 0.29) is 34.6 Å². The van der Waals surface area contributed by atoms with Crippen molar-refractivity contribution < 1.29 is 23.7 Å². The van der Waals surface area contributed by atoms with E-state index >= 15 is 0 Å². The van der Waals surface area contributed by atoms with Gasteiger partial charge in [0.25, 0.3) is 0 Å². The number of rotatable bonds is 5. The van der Waals surface area contributed by atoms with Crippen molar-refractivity contribution in [3.05, 3.63) is 52.2 Å². The van der Waals surface area contributed by atoms with Gasteiger partial charge in [-0.25, -0.2) is 0 Å². The molecule has 0 saturated carbocycles. The first-order chi connectivity index (χ1) is 15.0. The van der Waals surface area contributed by atoms with Gasteiger partial charge in [0.05, 0.1) is 36.3 Å². The number of hydrogen-bond acceptors (Lipinski definition) is 9. The van der Waals surface area contributed by atoms with Crippen molar-refractivity contribution in [2.75, 3.05) is 14.2 Å². The first-order valence-corrected chi connectivity index (χ1v) is 10.0. The Morgan fingerprint density at radius 2 is 2.03 bits per heavy atom. The van der Waals surface area contributed by atoms with Crippen LogP contribution in [0.2, 0.25) is 0 Å². The fraction of sp³-hybridized carbons (Fsp3) is 0.190. The molecule has 0 bridgehead atoms. The van der Waals surface area contributed by atoms with E-state index in [2.05, 4.69) is 16.3 Å². The standard InChI is InChI=1S/C21H18N4O5S/c1-10(26)29-19-13(27-2)7-11(8-14(19)28-3)16-12(9-22)20(23)30-21-17(16)18(24-25-21)15-5-4-6-31-15/h4-8,16H,23H2,1-3H3,(H,24,25)/t16-/m0/s1. The lowest BCUT2D eigenvalue weighted by atomic mass is 9.83. The van der Waals surface area contributed by atoms with E-state index in [9.17, 15) is 10.1 Å². The number of methoxy groups -OCH3 is 2. The quantitative estimate of drug-likeness (QED) is 0.458. The van der Waals surface area contributed by atoms with Crippen LogP contribution >= 0.6 is 11.3 Å². The average molecular weight is 438 g/mol.